The molecule has 1 N–H and O–H groups in total. The van der Waals surface area contributed by atoms with Crippen LogP contribution in [-0.2, 0) is 4.79 Å². The van der Waals surface area contributed by atoms with E-state index in [2.05, 4.69) is 0 Å². The second-order valence-electron chi connectivity index (χ2n) is 4.86. The van der Waals surface area contributed by atoms with Crippen LogP contribution >= 0.6 is 0 Å². The number of carbonyl (C=O) groups is 1. The minimum Gasteiger partial charge on any atom is -0.497 e. The Labute approximate surface area is 123 Å². The smallest absolute Gasteiger partial charge is 0.159 e. The first-order chi connectivity index (χ1) is 10.0. The Kier molecular flexibility index (Phi) is 4.70. The topological polar surface area (TPSA) is 46.5 Å². The number of aliphatic hydroxyl groups is 1. The van der Waals surface area contributed by atoms with E-state index in [1.54, 1.807) is 43.5 Å². The molecule has 0 aliphatic carbocycles. The van der Waals surface area contributed by atoms with Crippen molar-refractivity contribution in [2.75, 3.05) is 7.11 Å². The number of rotatable bonds is 5. The normalized spacial score (nSPS) is 13.5. The molecule has 0 spiro atoms. The highest BCUT2D eigenvalue weighted by Gasteiger charge is 2.26. The van der Waals surface area contributed by atoms with E-state index in [9.17, 15) is 14.3 Å². The summed E-state index contributed by atoms with van der Waals surface area (Å²) in [5, 5.41) is 10.2. The van der Waals surface area contributed by atoms with E-state index in [4.69, 9.17) is 4.74 Å². The summed E-state index contributed by atoms with van der Waals surface area (Å²) in [6.07, 6.45) is -1.18. The molecule has 0 fully saturated rings. The number of hydrogen-bond donors (Lipinski definition) is 1. The molecule has 2 rings (SSSR count). The van der Waals surface area contributed by atoms with Crippen LogP contribution in [0.15, 0.2) is 48.5 Å². The minimum atomic E-state index is -1.18. The lowest BCUT2D eigenvalue weighted by atomic mass is 9.85. The van der Waals surface area contributed by atoms with E-state index in [0.717, 1.165) is 5.56 Å². The Balaban J connectivity index is 2.44. The highest BCUT2D eigenvalue weighted by Crippen LogP contribution is 2.30. The molecule has 21 heavy (non-hydrogen) atoms. The highest BCUT2D eigenvalue weighted by atomic mass is 19.1. The van der Waals surface area contributed by atoms with Gasteiger partial charge in [0, 0.05) is 5.92 Å². The predicted molar refractivity (Wildman–Crippen MR) is 77.9 cm³/mol. The monoisotopic (exact) mass is 288 g/mol. The van der Waals surface area contributed by atoms with E-state index in [1.165, 1.54) is 19.1 Å². The summed E-state index contributed by atoms with van der Waals surface area (Å²) in [6.45, 7) is 1.34. The van der Waals surface area contributed by atoms with Crippen LogP contribution in [0.2, 0.25) is 0 Å². The van der Waals surface area contributed by atoms with Crippen LogP contribution in [0.4, 0.5) is 4.39 Å². The third-order valence-corrected chi connectivity index (χ3v) is 3.44. The summed E-state index contributed by atoms with van der Waals surface area (Å²) in [7, 11) is 1.57. The van der Waals surface area contributed by atoms with Crippen LogP contribution in [0, 0.1) is 5.82 Å². The average molecular weight is 288 g/mol. The fourth-order valence-corrected chi connectivity index (χ4v) is 2.27. The van der Waals surface area contributed by atoms with Gasteiger partial charge in [0.25, 0.3) is 0 Å². The van der Waals surface area contributed by atoms with E-state index in [0.29, 0.717) is 11.3 Å². The lowest BCUT2D eigenvalue weighted by Gasteiger charge is -2.22. The third kappa shape index (κ3) is 3.47. The molecule has 0 aromatic heterocycles. The van der Waals surface area contributed by atoms with Crippen molar-refractivity contribution in [2.45, 2.75) is 18.9 Å². The molecule has 2 aromatic carbocycles. The molecule has 0 radical (unpaired) electrons. The first-order valence-corrected chi connectivity index (χ1v) is 6.61. The van der Waals surface area contributed by atoms with Gasteiger partial charge in [-0.25, -0.2) is 4.39 Å². The molecule has 2 atom stereocenters. The number of ketones is 1. The zero-order valence-electron chi connectivity index (χ0n) is 11.9. The maximum absolute atomic E-state index is 13.1. The standard InChI is InChI=1S/C17H17FO3/c1-11(19)17(20)16(12-3-7-14(18)8-4-12)13-5-9-15(21-2)10-6-13/h3-10,16-17,20H,1-2H3. The van der Waals surface area contributed by atoms with Gasteiger partial charge in [0.15, 0.2) is 5.78 Å². The number of aliphatic hydroxyl groups excluding tert-OH is 1. The zero-order valence-corrected chi connectivity index (χ0v) is 11.9. The van der Waals surface area contributed by atoms with E-state index < -0.39 is 12.0 Å². The largest absolute Gasteiger partial charge is 0.497 e. The fourth-order valence-electron chi connectivity index (χ4n) is 2.27. The van der Waals surface area contributed by atoms with Gasteiger partial charge in [-0.3, -0.25) is 4.79 Å². The fraction of sp³-hybridized carbons (Fsp3) is 0.235. The van der Waals surface area contributed by atoms with Crippen LogP contribution < -0.4 is 4.74 Å². The zero-order chi connectivity index (χ0) is 15.4. The van der Waals surface area contributed by atoms with Gasteiger partial charge >= 0.3 is 0 Å². The summed E-state index contributed by atoms with van der Waals surface area (Å²) in [4.78, 5) is 11.6. The summed E-state index contributed by atoms with van der Waals surface area (Å²) in [5.74, 6) is -0.535. The molecule has 0 saturated carbocycles. The summed E-state index contributed by atoms with van der Waals surface area (Å²) < 4.78 is 18.2. The molecule has 3 nitrogen and oxygen atoms in total. The SMILES string of the molecule is COc1ccc(C(c2ccc(F)cc2)C(O)C(C)=O)cc1. The summed E-state index contributed by atoms with van der Waals surface area (Å²) in [5.41, 5.74) is 1.45. The Morgan fingerprint density at radius 2 is 1.52 bits per heavy atom. The van der Waals surface area contributed by atoms with Crippen LogP contribution in [-0.4, -0.2) is 24.1 Å². The maximum Gasteiger partial charge on any atom is 0.159 e. The number of halogens is 1. The van der Waals surface area contributed by atoms with Gasteiger partial charge in [-0.1, -0.05) is 24.3 Å². The Hall–Kier alpha value is -2.20. The molecular weight excluding hydrogens is 271 g/mol. The van der Waals surface area contributed by atoms with Gasteiger partial charge in [0.1, 0.15) is 17.7 Å². The van der Waals surface area contributed by atoms with E-state index in [-0.39, 0.29) is 11.6 Å². The van der Waals surface area contributed by atoms with Crippen LogP contribution in [0.1, 0.15) is 24.0 Å². The van der Waals surface area contributed by atoms with Crippen molar-refractivity contribution in [3.8, 4) is 5.75 Å². The predicted octanol–water partition coefficient (Wildman–Crippen LogP) is 2.92. The van der Waals surface area contributed by atoms with Gasteiger partial charge in [-0.2, -0.15) is 0 Å². The van der Waals surface area contributed by atoms with Crippen molar-refractivity contribution < 1.29 is 19.0 Å². The van der Waals surface area contributed by atoms with Gasteiger partial charge < -0.3 is 9.84 Å². The van der Waals surface area contributed by atoms with Crippen molar-refractivity contribution >= 4 is 5.78 Å². The van der Waals surface area contributed by atoms with Crippen LogP contribution in [0.25, 0.3) is 0 Å². The second kappa shape index (κ2) is 6.50. The molecule has 0 saturated heterocycles. The molecule has 110 valence electrons. The second-order valence-corrected chi connectivity index (χ2v) is 4.86. The number of ether oxygens (including phenoxy) is 1. The van der Waals surface area contributed by atoms with Crippen molar-refractivity contribution in [3.05, 3.63) is 65.5 Å². The summed E-state index contributed by atoms with van der Waals surface area (Å²) in [6, 6.07) is 12.9. The number of Topliss-reactive ketones (excluding diaryl/α,β-unsaturated/α-hetero) is 1. The van der Waals surface area contributed by atoms with Gasteiger partial charge in [-0.05, 0) is 42.3 Å². The molecule has 0 amide bonds. The average Bonchev–Trinajstić information content (AvgIpc) is 2.50. The van der Waals surface area contributed by atoms with Crippen molar-refractivity contribution in [1.82, 2.24) is 0 Å². The number of carbonyl (C=O) groups excluding carboxylic acids is 1. The summed E-state index contributed by atoms with van der Waals surface area (Å²) >= 11 is 0. The van der Waals surface area contributed by atoms with Crippen LogP contribution in [0.5, 0.6) is 5.75 Å². The number of methoxy groups -OCH3 is 1. The molecule has 0 aliphatic rings. The molecule has 4 heteroatoms. The van der Waals surface area contributed by atoms with Crippen LogP contribution in [0.3, 0.4) is 0 Å². The Morgan fingerprint density at radius 3 is 1.95 bits per heavy atom. The lowest BCUT2D eigenvalue weighted by Crippen LogP contribution is -2.26. The first-order valence-electron chi connectivity index (χ1n) is 6.61. The van der Waals surface area contributed by atoms with Gasteiger partial charge in [0.05, 0.1) is 7.11 Å². The van der Waals surface area contributed by atoms with E-state index >= 15 is 0 Å². The quantitative estimate of drug-likeness (QED) is 0.920. The van der Waals surface area contributed by atoms with Crippen molar-refractivity contribution in [2.24, 2.45) is 0 Å². The Bertz CT molecular complexity index is 605. The molecule has 0 bridgehead atoms. The highest BCUT2D eigenvalue weighted by molar-refractivity contribution is 5.82. The van der Waals surface area contributed by atoms with Gasteiger partial charge in [-0.15, -0.1) is 0 Å². The van der Waals surface area contributed by atoms with Crippen molar-refractivity contribution in [1.29, 1.82) is 0 Å². The van der Waals surface area contributed by atoms with Gasteiger partial charge in [0.2, 0.25) is 0 Å². The van der Waals surface area contributed by atoms with Crippen molar-refractivity contribution in [3.63, 3.8) is 0 Å². The maximum atomic E-state index is 13.1. The minimum absolute atomic E-state index is 0.333. The Morgan fingerprint density at radius 1 is 1.05 bits per heavy atom. The number of benzene rings is 2. The molecule has 0 heterocycles. The third-order valence-electron chi connectivity index (χ3n) is 3.44. The molecule has 2 aromatic rings. The lowest BCUT2D eigenvalue weighted by molar-refractivity contribution is -0.125. The molecule has 0 aliphatic heterocycles. The molecular formula is C17H17FO3. The first kappa shape index (κ1) is 15.2. The van der Waals surface area contributed by atoms with E-state index in [1.807, 2.05) is 0 Å². The molecule has 2 unspecified atom stereocenters. The number of hydrogen-bond acceptors (Lipinski definition) is 3.